The number of methoxy groups -OCH3 is 1. The Morgan fingerprint density at radius 2 is 2.33 bits per heavy atom. The maximum absolute atomic E-state index is 13.2. The molecule has 1 unspecified atom stereocenters. The molecule has 1 rings (SSSR count). The minimum Gasteiger partial charge on any atom is -0.396 e. The minimum absolute atomic E-state index is 0.0610. The lowest BCUT2D eigenvalue weighted by Gasteiger charge is -2.16. The van der Waals surface area contributed by atoms with Gasteiger partial charge in [-0.2, -0.15) is 0 Å². The number of para-hydroxylation sites is 1. The van der Waals surface area contributed by atoms with Crippen molar-refractivity contribution < 1.29 is 19.0 Å². The molecule has 0 bridgehead atoms. The molecular weight excluding hydrogens is 239 g/mol. The SMILES string of the molecule is COCCC(CO)NC(=O)c1cccc(F)c1N. The molecule has 1 amide bonds. The van der Waals surface area contributed by atoms with Crippen molar-refractivity contribution in [3.63, 3.8) is 0 Å². The second-order valence-corrected chi connectivity index (χ2v) is 3.84. The fourth-order valence-electron chi connectivity index (χ4n) is 1.47. The van der Waals surface area contributed by atoms with Crippen LogP contribution in [0.3, 0.4) is 0 Å². The molecule has 0 saturated carbocycles. The molecule has 5 nitrogen and oxygen atoms in total. The largest absolute Gasteiger partial charge is 0.396 e. The first kappa shape index (κ1) is 14.4. The smallest absolute Gasteiger partial charge is 0.253 e. The summed E-state index contributed by atoms with van der Waals surface area (Å²) in [6, 6.07) is 3.57. The Labute approximate surface area is 105 Å². The van der Waals surface area contributed by atoms with Gasteiger partial charge in [-0.1, -0.05) is 6.07 Å². The topological polar surface area (TPSA) is 84.6 Å². The van der Waals surface area contributed by atoms with Gasteiger partial charge in [-0.25, -0.2) is 4.39 Å². The Kier molecular flexibility index (Phi) is 5.54. The Hall–Kier alpha value is -1.66. The van der Waals surface area contributed by atoms with Crippen molar-refractivity contribution in [3.8, 4) is 0 Å². The summed E-state index contributed by atoms with van der Waals surface area (Å²) in [5.41, 5.74) is 5.34. The van der Waals surface area contributed by atoms with Crippen molar-refractivity contribution in [3.05, 3.63) is 29.6 Å². The molecular formula is C12H17FN2O3. The Bertz CT molecular complexity index is 412. The number of halogens is 1. The molecule has 0 heterocycles. The first-order valence-electron chi connectivity index (χ1n) is 5.54. The Morgan fingerprint density at radius 1 is 1.61 bits per heavy atom. The molecule has 0 saturated heterocycles. The van der Waals surface area contributed by atoms with Crippen LogP contribution in [0.4, 0.5) is 10.1 Å². The van der Waals surface area contributed by atoms with Crippen LogP contribution in [0.2, 0.25) is 0 Å². The number of ether oxygens (including phenoxy) is 1. The van der Waals surface area contributed by atoms with Gasteiger partial charge in [0.05, 0.1) is 23.9 Å². The molecule has 0 aromatic heterocycles. The van der Waals surface area contributed by atoms with Crippen LogP contribution in [0.25, 0.3) is 0 Å². The van der Waals surface area contributed by atoms with Gasteiger partial charge in [0.2, 0.25) is 0 Å². The highest BCUT2D eigenvalue weighted by Gasteiger charge is 2.16. The number of benzene rings is 1. The second-order valence-electron chi connectivity index (χ2n) is 3.84. The average Bonchev–Trinajstić information content (AvgIpc) is 2.37. The molecule has 0 aliphatic heterocycles. The van der Waals surface area contributed by atoms with E-state index in [1.807, 2.05) is 0 Å². The maximum Gasteiger partial charge on any atom is 0.253 e. The molecule has 0 radical (unpaired) electrons. The summed E-state index contributed by atoms with van der Waals surface area (Å²) in [5.74, 6) is -1.15. The van der Waals surface area contributed by atoms with Crippen LogP contribution in [0.5, 0.6) is 0 Å². The first-order chi connectivity index (χ1) is 8.60. The van der Waals surface area contributed by atoms with Crippen LogP contribution in [0.15, 0.2) is 18.2 Å². The number of nitrogens with two attached hydrogens (primary N) is 1. The van der Waals surface area contributed by atoms with E-state index in [2.05, 4.69) is 5.32 Å². The van der Waals surface area contributed by atoms with Crippen LogP contribution in [0.1, 0.15) is 16.8 Å². The minimum atomic E-state index is -0.639. The number of anilines is 1. The quantitative estimate of drug-likeness (QED) is 0.648. The summed E-state index contributed by atoms with van der Waals surface area (Å²) in [4.78, 5) is 11.8. The maximum atomic E-state index is 13.2. The van der Waals surface area contributed by atoms with Gasteiger partial charge in [0, 0.05) is 13.7 Å². The van der Waals surface area contributed by atoms with Crippen LogP contribution >= 0.6 is 0 Å². The zero-order valence-corrected chi connectivity index (χ0v) is 10.1. The number of carbonyl (C=O) groups excluding carboxylic acids is 1. The highest BCUT2D eigenvalue weighted by molar-refractivity contribution is 5.99. The van der Waals surface area contributed by atoms with E-state index in [1.165, 1.54) is 25.3 Å². The zero-order valence-electron chi connectivity index (χ0n) is 10.1. The lowest BCUT2D eigenvalue weighted by atomic mass is 10.1. The molecule has 0 spiro atoms. The monoisotopic (exact) mass is 256 g/mol. The van der Waals surface area contributed by atoms with Crippen LogP contribution in [0, 0.1) is 5.82 Å². The third kappa shape index (κ3) is 3.68. The van der Waals surface area contributed by atoms with Gasteiger partial charge >= 0.3 is 0 Å². The molecule has 0 fully saturated rings. The number of amides is 1. The molecule has 18 heavy (non-hydrogen) atoms. The summed E-state index contributed by atoms with van der Waals surface area (Å²) >= 11 is 0. The van der Waals surface area contributed by atoms with E-state index in [1.54, 1.807) is 0 Å². The molecule has 6 heteroatoms. The highest BCUT2D eigenvalue weighted by Crippen LogP contribution is 2.15. The number of hydrogen-bond acceptors (Lipinski definition) is 4. The van der Waals surface area contributed by atoms with Crippen molar-refractivity contribution >= 4 is 11.6 Å². The van der Waals surface area contributed by atoms with Crippen LogP contribution in [-0.4, -0.2) is 37.4 Å². The lowest BCUT2D eigenvalue weighted by Crippen LogP contribution is -2.38. The second kappa shape index (κ2) is 6.93. The van der Waals surface area contributed by atoms with Gasteiger partial charge in [0.25, 0.3) is 5.91 Å². The number of rotatable bonds is 6. The van der Waals surface area contributed by atoms with Gasteiger partial charge in [0.15, 0.2) is 0 Å². The highest BCUT2D eigenvalue weighted by atomic mass is 19.1. The number of carbonyl (C=O) groups is 1. The standard InChI is InChI=1S/C12H17FN2O3/c1-18-6-5-8(7-16)15-12(17)9-3-2-4-10(13)11(9)14/h2-4,8,16H,5-7,14H2,1H3,(H,15,17). The van der Waals surface area contributed by atoms with Crippen LogP contribution < -0.4 is 11.1 Å². The number of nitrogen functional groups attached to an aromatic ring is 1. The first-order valence-corrected chi connectivity index (χ1v) is 5.54. The fourth-order valence-corrected chi connectivity index (χ4v) is 1.47. The van der Waals surface area contributed by atoms with E-state index in [0.29, 0.717) is 13.0 Å². The van der Waals surface area contributed by atoms with Gasteiger partial charge in [-0.05, 0) is 18.6 Å². The predicted octanol–water partition coefficient (Wildman–Crippen LogP) is 0.535. The van der Waals surface area contributed by atoms with E-state index in [-0.39, 0.29) is 17.9 Å². The Morgan fingerprint density at radius 3 is 2.94 bits per heavy atom. The molecule has 1 aromatic rings. The van der Waals surface area contributed by atoms with Gasteiger partial charge in [-0.3, -0.25) is 4.79 Å². The molecule has 0 aliphatic rings. The van der Waals surface area contributed by atoms with E-state index >= 15 is 0 Å². The van der Waals surface area contributed by atoms with Crippen molar-refractivity contribution in [2.45, 2.75) is 12.5 Å². The summed E-state index contributed by atoms with van der Waals surface area (Å²) in [6.07, 6.45) is 0.466. The van der Waals surface area contributed by atoms with Crippen molar-refractivity contribution in [1.82, 2.24) is 5.32 Å². The molecule has 1 aromatic carbocycles. The number of nitrogens with one attached hydrogen (secondary N) is 1. The third-order valence-corrected chi connectivity index (χ3v) is 2.52. The normalized spacial score (nSPS) is 12.2. The number of aliphatic hydroxyl groups excluding tert-OH is 1. The fraction of sp³-hybridized carbons (Fsp3) is 0.417. The van der Waals surface area contributed by atoms with E-state index < -0.39 is 17.8 Å². The summed E-state index contributed by atoms with van der Waals surface area (Å²) in [7, 11) is 1.53. The van der Waals surface area contributed by atoms with Gasteiger partial charge in [-0.15, -0.1) is 0 Å². The van der Waals surface area contributed by atoms with E-state index in [0.717, 1.165) is 0 Å². The summed E-state index contributed by atoms with van der Waals surface area (Å²) in [6.45, 7) is 0.189. The third-order valence-electron chi connectivity index (χ3n) is 2.52. The van der Waals surface area contributed by atoms with Crippen molar-refractivity contribution in [2.75, 3.05) is 26.1 Å². The number of hydrogen-bond donors (Lipinski definition) is 3. The van der Waals surface area contributed by atoms with Gasteiger partial charge in [0.1, 0.15) is 5.82 Å². The molecule has 1 atom stereocenters. The van der Waals surface area contributed by atoms with Gasteiger partial charge < -0.3 is 20.9 Å². The number of aliphatic hydroxyl groups is 1. The van der Waals surface area contributed by atoms with Crippen LogP contribution in [-0.2, 0) is 4.74 Å². The molecule has 100 valence electrons. The predicted molar refractivity (Wildman–Crippen MR) is 65.6 cm³/mol. The van der Waals surface area contributed by atoms with Crippen molar-refractivity contribution in [1.29, 1.82) is 0 Å². The molecule has 4 N–H and O–H groups in total. The van der Waals surface area contributed by atoms with E-state index in [9.17, 15) is 9.18 Å². The summed E-state index contributed by atoms with van der Waals surface area (Å²) < 4.78 is 18.0. The lowest BCUT2D eigenvalue weighted by molar-refractivity contribution is 0.0895. The van der Waals surface area contributed by atoms with Crippen molar-refractivity contribution in [2.24, 2.45) is 0 Å². The molecule has 0 aliphatic carbocycles. The zero-order chi connectivity index (χ0) is 13.5. The summed E-state index contributed by atoms with van der Waals surface area (Å²) in [5, 5.41) is 11.7. The average molecular weight is 256 g/mol. The van der Waals surface area contributed by atoms with E-state index in [4.69, 9.17) is 15.6 Å². The Balaban J connectivity index is 2.72.